The quantitative estimate of drug-likeness (QED) is 0.399. The Hall–Kier alpha value is -3.98. The molecule has 1 unspecified atom stereocenters. The number of aryl methyl sites for hydroxylation is 1. The zero-order valence-corrected chi connectivity index (χ0v) is 19.6. The van der Waals surface area contributed by atoms with Gasteiger partial charge in [0.1, 0.15) is 0 Å². The van der Waals surface area contributed by atoms with Crippen LogP contribution in [0.15, 0.2) is 64.4 Å². The number of nitrogens with zero attached hydrogens (tertiary/aromatic N) is 4. The highest BCUT2D eigenvalue weighted by Gasteiger charge is 2.24. The molecule has 9 heteroatoms. The molecule has 1 aliphatic rings. The summed E-state index contributed by atoms with van der Waals surface area (Å²) in [6.07, 6.45) is 3.08. The van der Waals surface area contributed by atoms with Crippen LogP contribution in [0.4, 0.5) is 0 Å². The summed E-state index contributed by atoms with van der Waals surface area (Å²) in [7, 11) is 1.33. The van der Waals surface area contributed by atoms with Gasteiger partial charge in [-0.05, 0) is 49.1 Å². The number of esters is 1. The molecule has 0 bridgehead atoms. The number of rotatable bonds is 6. The molecule has 180 valence electrons. The van der Waals surface area contributed by atoms with E-state index < -0.39 is 17.2 Å². The van der Waals surface area contributed by atoms with Crippen LogP contribution in [0.3, 0.4) is 0 Å². The molecule has 9 nitrogen and oxygen atoms in total. The van der Waals surface area contributed by atoms with Crippen LogP contribution in [0.2, 0.25) is 0 Å². The van der Waals surface area contributed by atoms with Gasteiger partial charge in [-0.2, -0.15) is 0 Å². The summed E-state index contributed by atoms with van der Waals surface area (Å²) >= 11 is 0. The number of benzene rings is 2. The van der Waals surface area contributed by atoms with Crippen molar-refractivity contribution in [2.24, 2.45) is 0 Å². The molecule has 1 fully saturated rings. The van der Waals surface area contributed by atoms with Crippen LogP contribution in [0.25, 0.3) is 16.9 Å². The molecule has 0 saturated carbocycles. The Morgan fingerprint density at radius 3 is 2.74 bits per heavy atom. The zero-order chi connectivity index (χ0) is 24.5. The van der Waals surface area contributed by atoms with Crippen molar-refractivity contribution in [2.45, 2.75) is 39.0 Å². The van der Waals surface area contributed by atoms with Gasteiger partial charge in [-0.15, -0.1) is 0 Å². The first-order valence-electron chi connectivity index (χ1n) is 11.5. The normalized spacial score (nSPS) is 15.5. The summed E-state index contributed by atoms with van der Waals surface area (Å²) in [5, 5.41) is 0. The fourth-order valence-corrected chi connectivity index (χ4v) is 4.60. The van der Waals surface area contributed by atoms with Gasteiger partial charge < -0.3 is 14.0 Å². The van der Waals surface area contributed by atoms with Gasteiger partial charge >= 0.3 is 11.7 Å². The number of aromatic nitrogens is 4. The number of para-hydroxylation sites is 1. The number of fused-ring (bicyclic) bond motifs is 1. The lowest BCUT2D eigenvalue weighted by Gasteiger charge is -2.16. The zero-order valence-electron chi connectivity index (χ0n) is 19.6. The summed E-state index contributed by atoms with van der Waals surface area (Å²) in [5.74, 6) is -0.436. The van der Waals surface area contributed by atoms with Crippen molar-refractivity contribution in [1.29, 1.82) is 0 Å². The molecule has 35 heavy (non-hydrogen) atoms. The van der Waals surface area contributed by atoms with Crippen LogP contribution in [-0.2, 0) is 22.6 Å². The molecule has 0 spiro atoms. The molecule has 1 atom stereocenters. The second kappa shape index (κ2) is 9.34. The van der Waals surface area contributed by atoms with Gasteiger partial charge in [0, 0.05) is 13.2 Å². The van der Waals surface area contributed by atoms with E-state index in [-0.39, 0.29) is 12.6 Å². The average Bonchev–Trinajstić information content (AvgIpc) is 3.53. The van der Waals surface area contributed by atoms with Crippen molar-refractivity contribution < 1.29 is 14.3 Å². The van der Waals surface area contributed by atoms with Gasteiger partial charge in [0.05, 0.1) is 37.3 Å². The van der Waals surface area contributed by atoms with Crippen LogP contribution in [0, 0.1) is 6.92 Å². The van der Waals surface area contributed by atoms with Crippen molar-refractivity contribution >= 4 is 17.1 Å². The third kappa shape index (κ3) is 4.19. The molecule has 1 saturated heterocycles. The summed E-state index contributed by atoms with van der Waals surface area (Å²) < 4.78 is 15.0. The number of ether oxygens (including phenoxy) is 2. The van der Waals surface area contributed by atoms with Crippen LogP contribution in [0.5, 0.6) is 0 Å². The van der Waals surface area contributed by atoms with Gasteiger partial charge in [-0.3, -0.25) is 9.36 Å². The molecule has 4 aromatic rings. The summed E-state index contributed by atoms with van der Waals surface area (Å²) in [6.45, 7) is 3.02. The van der Waals surface area contributed by atoms with E-state index in [1.807, 2.05) is 37.3 Å². The lowest BCUT2D eigenvalue weighted by atomic mass is 10.1. The van der Waals surface area contributed by atoms with E-state index in [9.17, 15) is 14.4 Å². The highest BCUT2D eigenvalue weighted by molar-refractivity contribution is 5.89. The number of hydrogen-bond acceptors (Lipinski definition) is 6. The van der Waals surface area contributed by atoms with E-state index in [2.05, 4.69) is 4.98 Å². The van der Waals surface area contributed by atoms with Gasteiger partial charge in [0.25, 0.3) is 5.56 Å². The second-order valence-electron chi connectivity index (χ2n) is 8.69. The van der Waals surface area contributed by atoms with E-state index in [0.717, 1.165) is 24.0 Å². The average molecular weight is 475 g/mol. The minimum atomic E-state index is -0.440. The molecule has 0 radical (unpaired) electrons. The number of carbonyl (C=O) groups excluding carboxylic acids is 1. The van der Waals surface area contributed by atoms with E-state index in [4.69, 9.17) is 9.47 Å². The number of carbonyl (C=O) groups is 1. The predicted octanol–water partition coefficient (Wildman–Crippen LogP) is 2.67. The number of hydrogen-bond donors (Lipinski definition) is 0. The van der Waals surface area contributed by atoms with E-state index in [1.54, 1.807) is 29.1 Å². The number of methoxy groups -OCH3 is 1. The highest BCUT2D eigenvalue weighted by atomic mass is 16.5. The monoisotopic (exact) mass is 474 g/mol. The maximum atomic E-state index is 13.7. The van der Waals surface area contributed by atoms with E-state index in [1.165, 1.54) is 16.2 Å². The molecule has 2 aromatic carbocycles. The Bertz CT molecular complexity index is 1530. The van der Waals surface area contributed by atoms with Crippen molar-refractivity contribution in [3.8, 4) is 5.69 Å². The van der Waals surface area contributed by atoms with Crippen molar-refractivity contribution in [1.82, 2.24) is 18.7 Å². The maximum Gasteiger partial charge on any atom is 0.337 e. The Kier molecular flexibility index (Phi) is 6.08. The fourth-order valence-electron chi connectivity index (χ4n) is 4.60. The Morgan fingerprint density at radius 2 is 2.00 bits per heavy atom. The topological polar surface area (TPSA) is 97.4 Å². The van der Waals surface area contributed by atoms with Gasteiger partial charge in [0.15, 0.2) is 11.2 Å². The Balaban J connectivity index is 1.69. The van der Waals surface area contributed by atoms with Crippen molar-refractivity contribution in [2.75, 3.05) is 13.7 Å². The van der Waals surface area contributed by atoms with Crippen LogP contribution in [-0.4, -0.2) is 44.5 Å². The Labute approximate surface area is 201 Å². The summed E-state index contributed by atoms with van der Waals surface area (Å²) in [5.41, 5.74) is 2.53. The second-order valence-corrected chi connectivity index (χ2v) is 8.69. The van der Waals surface area contributed by atoms with Gasteiger partial charge in [0.2, 0.25) is 0 Å². The third-order valence-electron chi connectivity index (χ3n) is 6.37. The van der Waals surface area contributed by atoms with Crippen molar-refractivity contribution in [3.63, 3.8) is 0 Å². The molecule has 1 aliphatic heterocycles. The summed E-state index contributed by atoms with van der Waals surface area (Å²) in [6, 6.07) is 14.5. The molecule has 0 amide bonds. The van der Waals surface area contributed by atoms with Crippen molar-refractivity contribution in [3.05, 3.63) is 92.4 Å². The predicted molar refractivity (Wildman–Crippen MR) is 130 cm³/mol. The Morgan fingerprint density at radius 1 is 1.17 bits per heavy atom. The highest BCUT2D eigenvalue weighted by Crippen LogP contribution is 2.19. The first kappa shape index (κ1) is 22.8. The first-order valence-corrected chi connectivity index (χ1v) is 11.5. The van der Waals surface area contributed by atoms with Crippen LogP contribution < -0.4 is 11.2 Å². The standard InChI is InChI=1S/C26H26N4O5/c1-17-7-3-4-11-21(17)30-23-22(24(31)29(26(30)33)15-20-10-6-12-35-20)28(16-27-23)14-18-8-5-9-19(13-18)25(32)34-2/h3-5,7-9,11,13,16,20H,6,10,12,14-15H2,1-2H3. The maximum absolute atomic E-state index is 13.7. The molecular formula is C26H26N4O5. The minimum absolute atomic E-state index is 0.183. The van der Waals surface area contributed by atoms with E-state index in [0.29, 0.717) is 35.6 Å². The molecule has 0 N–H and O–H groups in total. The molecule has 5 rings (SSSR count). The third-order valence-corrected chi connectivity index (χ3v) is 6.37. The van der Waals surface area contributed by atoms with Crippen LogP contribution in [0.1, 0.15) is 34.3 Å². The van der Waals surface area contributed by atoms with E-state index >= 15 is 0 Å². The molecule has 0 aliphatic carbocycles. The molecule has 2 aromatic heterocycles. The SMILES string of the molecule is COC(=O)c1cccc(Cn2cnc3c2c(=O)n(CC2CCCO2)c(=O)n3-c2ccccc2C)c1. The lowest BCUT2D eigenvalue weighted by molar-refractivity contribution is 0.0600. The summed E-state index contributed by atoms with van der Waals surface area (Å²) in [4.78, 5) is 43.8. The van der Waals surface area contributed by atoms with Gasteiger partial charge in [-0.25, -0.2) is 19.1 Å². The lowest BCUT2D eigenvalue weighted by Crippen LogP contribution is -2.42. The minimum Gasteiger partial charge on any atom is -0.465 e. The van der Waals surface area contributed by atoms with Gasteiger partial charge in [-0.1, -0.05) is 30.3 Å². The molecule has 3 heterocycles. The van der Waals surface area contributed by atoms with Crippen LogP contribution >= 0.6 is 0 Å². The largest absolute Gasteiger partial charge is 0.465 e. The fraction of sp³-hybridized carbons (Fsp3) is 0.308. The smallest absolute Gasteiger partial charge is 0.337 e. The first-order chi connectivity index (χ1) is 17.0. The molecular weight excluding hydrogens is 448 g/mol. The number of imidazole rings is 1.